The van der Waals surface area contributed by atoms with E-state index in [0.29, 0.717) is 23.8 Å². The van der Waals surface area contributed by atoms with Crippen molar-refractivity contribution in [3.8, 4) is 0 Å². The lowest BCUT2D eigenvalue weighted by molar-refractivity contribution is -0.137. The van der Waals surface area contributed by atoms with Crippen molar-refractivity contribution in [1.29, 1.82) is 0 Å². The van der Waals surface area contributed by atoms with Crippen LogP contribution < -0.4 is 10.2 Å². The summed E-state index contributed by atoms with van der Waals surface area (Å²) < 4.78 is 38.6. The molecule has 1 aromatic carbocycles. The molecule has 0 radical (unpaired) electrons. The van der Waals surface area contributed by atoms with Crippen molar-refractivity contribution >= 4 is 17.3 Å². The molecule has 0 bridgehead atoms. The zero-order valence-corrected chi connectivity index (χ0v) is 13.1. The van der Waals surface area contributed by atoms with Gasteiger partial charge in [-0.2, -0.15) is 13.2 Å². The molecule has 21 heavy (non-hydrogen) atoms. The number of nitrogens with one attached hydrogen (secondary N) is 1. The molecular formula is C15H20ClF3N2. The van der Waals surface area contributed by atoms with E-state index in [4.69, 9.17) is 11.6 Å². The second-order valence-corrected chi connectivity index (χ2v) is 6.89. The first kappa shape index (κ1) is 16.4. The van der Waals surface area contributed by atoms with E-state index < -0.39 is 11.7 Å². The minimum absolute atomic E-state index is 0.0345. The molecule has 1 saturated heterocycles. The van der Waals surface area contributed by atoms with E-state index in [0.717, 1.165) is 18.7 Å². The van der Waals surface area contributed by atoms with E-state index in [-0.39, 0.29) is 11.5 Å². The van der Waals surface area contributed by atoms with Crippen LogP contribution in [0.2, 0.25) is 5.02 Å². The van der Waals surface area contributed by atoms with Crippen molar-refractivity contribution in [3.63, 3.8) is 0 Å². The molecule has 1 heterocycles. The summed E-state index contributed by atoms with van der Waals surface area (Å²) in [6.07, 6.45) is -4.35. The van der Waals surface area contributed by atoms with E-state index in [1.165, 1.54) is 6.07 Å². The molecule has 0 amide bonds. The zero-order valence-electron chi connectivity index (χ0n) is 12.4. The molecule has 2 nitrogen and oxygen atoms in total. The van der Waals surface area contributed by atoms with Crippen LogP contribution in [0, 0.1) is 5.41 Å². The molecule has 0 spiro atoms. The topological polar surface area (TPSA) is 15.3 Å². The third-order valence-corrected chi connectivity index (χ3v) is 4.15. The van der Waals surface area contributed by atoms with Crippen molar-refractivity contribution in [3.05, 3.63) is 28.8 Å². The highest BCUT2D eigenvalue weighted by Gasteiger charge is 2.33. The third-order valence-electron chi connectivity index (χ3n) is 3.83. The van der Waals surface area contributed by atoms with Crippen LogP contribution in [0.1, 0.15) is 26.3 Å². The fraction of sp³-hybridized carbons (Fsp3) is 0.600. The Labute approximate surface area is 128 Å². The highest BCUT2D eigenvalue weighted by molar-refractivity contribution is 6.33. The van der Waals surface area contributed by atoms with E-state index >= 15 is 0 Å². The highest BCUT2D eigenvalue weighted by atomic mass is 35.5. The fourth-order valence-corrected chi connectivity index (χ4v) is 2.72. The monoisotopic (exact) mass is 320 g/mol. The van der Waals surface area contributed by atoms with Crippen LogP contribution in [-0.4, -0.2) is 25.7 Å². The van der Waals surface area contributed by atoms with Gasteiger partial charge < -0.3 is 10.2 Å². The number of nitrogens with zero attached hydrogens (tertiary/aromatic N) is 1. The highest BCUT2D eigenvalue weighted by Crippen LogP contribution is 2.36. The number of alkyl halides is 3. The van der Waals surface area contributed by atoms with Gasteiger partial charge in [0.25, 0.3) is 0 Å². The maximum absolute atomic E-state index is 12.9. The Balaban J connectivity index is 2.29. The summed E-state index contributed by atoms with van der Waals surface area (Å²) in [5.41, 5.74) is -0.165. The molecule has 6 heteroatoms. The zero-order chi connectivity index (χ0) is 15.8. The Bertz CT molecular complexity index is 509. The van der Waals surface area contributed by atoms with Crippen molar-refractivity contribution in [2.24, 2.45) is 5.41 Å². The lowest BCUT2D eigenvalue weighted by Gasteiger charge is -2.41. The number of anilines is 1. The van der Waals surface area contributed by atoms with Gasteiger partial charge >= 0.3 is 6.18 Å². The number of benzene rings is 1. The summed E-state index contributed by atoms with van der Waals surface area (Å²) in [7, 11) is 0. The summed E-state index contributed by atoms with van der Waals surface area (Å²) in [5, 5.41) is 3.77. The van der Waals surface area contributed by atoms with Crippen molar-refractivity contribution < 1.29 is 13.2 Å². The van der Waals surface area contributed by atoms with E-state index in [1.807, 2.05) is 4.90 Å². The maximum Gasteiger partial charge on any atom is 0.416 e. The summed E-state index contributed by atoms with van der Waals surface area (Å²) in [4.78, 5) is 1.93. The Hall–Kier alpha value is -0.940. The predicted molar refractivity (Wildman–Crippen MR) is 79.9 cm³/mol. The molecule has 0 aromatic heterocycles. The molecule has 0 saturated carbocycles. The standard InChI is InChI=1S/C15H20ClF3N2/c1-14(2,3)13-9-21(7-6-20-13)12-8-10(15(17,18)19)4-5-11(12)16/h4-5,8,13,20H,6-7,9H2,1-3H3. The molecule has 1 aliphatic rings. The number of piperazine rings is 1. The van der Waals surface area contributed by atoms with Crippen LogP contribution in [0.15, 0.2) is 18.2 Å². The summed E-state index contributed by atoms with van der Waals surface area (Å²) >= 11 is 6.11. The van der Waals surface area contributed by atoms with Crippen molar-refractivity contribution in [2.75, 3.05) is 24.5 Å². The van der Waals surface area contributed by atoms with Crippen molar-refractivity contribution in [1.82, 2.24) is 5.32 Å². The average molecular weight is 321 g/mol. The Morgan fingerprint density at radius 2 is 1.90 bits per heavy atom. The molecule has 1 aromatic rings. The number of halogens is 4. The normalized spacial score (nSPS) is 20.7. The van der Waals surface area contributed by atoms with Crippen LogP contribution in [0.5, 0.6) is 0 Å². The number of hydrogen-bond donors (Lipinski definition) is 1. The maximum atomic E-state index is 12.9. The lowest BCUT2D eigenvalue weighted by atomic mass is 9.85. The Kier molecular flexibility index (Phi) is 4.45. The van der Waals surface area contributed by atoms with Gasteiger partial charge in [0.1, 0.15) is 0 Å². The van der Waals surface area contributed by atoms with Gasteiger partial charge in [-0.1, -0.05) is 32.4 Å². The molecule has 1 N–H and O–H groups in total. The van der Waals surface area contributed by atoms with Gasteiger partial charge in [-0.15, -0.1) is 0 Å². The average Bonchev–Trinajstić information content (AvgIpc) is 2.37. The summed E-state index contributed by atoms with van der Waals surface area (Å²) in [5.74, 6) is 0. The second kappa shape index (κ2) is 5.69. The van der Waals surface area contributed by atoms with Crippen LogP contribution in [0.25, 0.3) is 0 Å². The first-order valence-electron chi connectivity index (χ1n) is 6.94. The second-order valence-electron chi connectivity index (χ2n) is 6.48. The van der Waals surface area contributed by atoms with Gasteiger partial charge in [0, 0.05) is 25.7 Å². The molecule has 1 atom stereocenters. The van der Waals surface area contributed by atoms with Gasteiger partial charge in [-0.25, -0.2) is 0 Å². The molecule has 2 rings (SSSR count). The molecular weight excluding hydrogens is 301 g/mol. The first-order valence-corrected chi connectivity index (χ1v) is 7.32. The van der Waals surface area contributed by atoms with Gasteiger partial charge in [0.15, 0.2) is 0 Å². The van der Waals surface area contributed by atoms with Crippen LogP contribution in [0.4, 0.5) is 18.9 Å². The van der Waals surface area contributed by atoms with Gasteiger partial charge in [0.05, 0.1) is 16.3 Å². The van der Waals surface area contributed by atoms with Gasteiger partial charge in [-0.3, -0.25) is 0 Å². The smallest absolute Gasteiger partial charge is 0.367 e. The number of rotatable bonds is 1. The number of hydrogen-bond acceptors (Lipinski definition) is 2. The van der Waals surface area contributed by atoms with Crippen molar-refractivity contribution in [2.45, 2.75) is 33.0 Å². The lowest BCUT2D eigenvalue weighted by Crippen LogP contribution is -2.56. The molecule has 1 aliphatic heterocycles. The predicted octanol–water partition coefficient (Wildman–Crippen LogP) is 4.18. The quantitative estimate of drug-likeness (QED) is 0.835. The van der Waals surface area contributed by atoms with Crippen LogP contribution >= 0.6 is 11.6 Å². The van der Waals surface area contributed by atoms with E-state index in [2.05, 4.69) is 26.1 Å². The first-order chi connectivity index (χ1) is 9.59. The Morgan fingerprint density at radius 1 is 1.24 bits per heavy atom. The summed E-state index contributed by atoms with van der Waals surface area (Å²) in [6.45, 7) is 8.36. The summed E-state index contributed by atoms with van der Waals surface area (Å²) in [6, 6.07) is 3.70. The third kappa shape index (κ3) is 3.83. The molecule has 1 unspecified atom stereocenters. The minimum Gasteiger partial charge on any atom is -0.367 e. The molecule has 0 aliphatic carbocycles. The minimum atomic E-state index is -4.35. The van der Waals surface area contributed by atoms with Crippen LogP contribution in [-0.2, 0) is 6.18 Å². The van der Waals surface area contributed by atoms with Crippen LogP contribution in [0.3, 0.4) is 0 Å². The molecule has 1 fully saturated rings. The van der Waals surface area contributed by atoms with Gasteiger partial charge in [0.2, 0.25) is 0 Å². The largest absolute Gasteiger partial charge is 0.416 e. The Morgan fingerprint density at radius 3 is 2.48 bits per heavy atom. The van der Waals surface area contributed by atoms with E-state index in [9.17, 15) is 13.2 Å². The SMILES string of the molecule is CC(C)(C)C1CN(c2cc(C(F)(F)F)ccc2Cl)CCN1. The van der Waals surface area contributed by atoms with Gasteiger partial charge in [-0.05, 0) is 23.6 Å². The van der Waals surface area contributed by atoms with E-state index in [1.54, 1.807) is 0 Å². The fourth-order valence-electron chi connectivity index (χ4n) is 2.48. The molecule has 118 valence electrons.